The molecule has 7 heteroatoms. The Kier molecular flexibility index (Phi) is 6.57. The Bertz CT molecular complexity index is 1050. The molecule has 0 bridgehead atoms. The third-order valence-corrected chi connectivity index (χ3v) is 6.00. The van der Waals surface area contributed by atoms with E-state index in [-0.39, 0.29) is 16.7 Å². The van der Waals surface area contributed by atoms with Gasteiger partial charge in [-0.25, -0.2) is 4.98 Å². The number of carbonyl (C=O) groups excluding carboxylic acids is 1. The summed E-state index contributed by atoms with van der Waals surface area (Å²) in [7, 11) is 1.76. The van der Waals surface area contributed by atoms with Crippen LogP contribution >= 0.6 is 27.7 Å². The monoisotopic (exact) mass is 459 g/mol. The third kappa shape index (κ3) is 4.31. The second-order valence-electron chi connectivity index (χ2n) is 6.51. The van der Waals surface area contributed by atoms with Crippen LogP contribution in [0.15, 0.2) is 63.0 Å². The molecule has 5 nitrogen and oxygen atoms in total. The molecule has 0 saturated heterocycles. The maximum Gasteiger partial charge on any atom is 0.262 e. The lowest BCUT2D eigenvalue weighted by Gasteiger charge is -2.22. The Labute approximate surface area is 176 Å². The maximum absolute atomic E-state index is 13.0. The molecule has 2 aromatic carbocycles. The summed E-state index contributed by atoms with van der Waals surface area (Å²) in [5, 5.41) is 0.768. The van der Waals surface area contributed by atoms with Gasteiger partial charge >= 0.3 is 0 Å². The van der Waals surface area contributed by atoms with Crippen LogP contribution in [0.25, 0.3) is 10.9 Å². The van der Waals surface area contributed by atoms with Crippen LogP contribution in [0, 0.1) is 0 Å². The Morgan fingerprint density at radius 1 is 1.25 bits per heavy atom. The predicted octanol–water partition coefficient (Wildman–Crippen LogP) is 4.71. The first-order chi connectivity index (χ1) is 13.4. The van der Waals surface area contributed by atoms with Crippen molar-refractivity contribution in [2.75, 3.05) is 11.9 Å². The van der Waals surface area contributed by atoms with Crippen LogP contribution in [0.4, 0.5) is 5.69 Å². The quantitative estimate of drug-likeness (QED) is 0.395. The van der Waals surface area contributed by atoms with E-state index >= 15 is 0 Å². The highest BCUT2D eigenvalue weighted by atomic mass is 79.9. The van der Waals surface area contributed by atoms with E-state index < -0.39 is 0 Å². The number of para-hydroxylation sites is 1. The topological polar surface area (TPSA) is 55.2 Å². The largest absolute Gasteiger partial charge is 0.315 e. The highest BCUT2D eigenvalue weighted by molar-refractivity contribution is 9.10. The predicted molar refractivity (Wildman–Crippen MR) is 119 cm³/mol. The third-order valence-electron chi connectivity index (χ3n) is 4.43. The summed E-state index contributed by atoms with van der Waals surface area (Å²) in [6.07, 6.45) is 0.806. The van der Waals surface area contributed by atoms with Gasteiger partial charge in [0.15, 0.2) is 5.16 Å². The number of benzene rings is 2. The Hall–Kier alpha value is -2.12. The van der Waals surface area contributed by atoms with Crippen molar-refractivity contribution in [3.05, 3.63) is 63.4 Å². The molecular formula is C21H22BrN3O2S. The Morgan fingerprint density at radius 3 is 2.64 bits per heavy atom. The first-order valence-corrected chi connectivity index (χ1v) is 10.8. The van der Waals surface area contributed by atoms with E-state index in [2.05, 4.69) is 20.9 Å². The summed E-state index contributed by atoms with van der Waals surface area (Å²) < 4.78 is 2.52. The number of anilines is 1. The zero-order valence-electron chi connectivity index (χ0n) is 16.1. The summed E-state index contributed by atoms with van der Waals surface area (Å²) in [5.74, 6) is -0.0376. The van der Waals surface area contributed by atoms with Crippen LogP contribution in [0.1, 0.15) is 20.3 Å². The average molecular weight is 460 g/mol. The van der Waals surface area contributed by atoms with E-state index in [1.807, 2.05) is 56.3 Å². The second-order valence-corrected chi connectivity index (χ2v) is 8.73. The molecule has 3 aromatic rings. The zero-order valence-corrected chi connectivity index (χ0v) is 18.5. The van der Waals surface area contributed by atoms with Crippen LogP contribution < -0.4 is 10.5 Å². The van der Waals surface area contributed by atoms with Gasteiger partial charge in [-0.2, -0.15) is 0 Å². The van der Waals surface area contributed by atoms with Crippen LogP contribution in [0.2, 0.25) is 0 Å². The van der Waals surface area contributed by atoms with E-state index in [4.69, 9.17) is 0 Å². The number of amides is 1. The number of hydrogen-bond donors (Lipinski definition) is 0. The smallest absolute Gasteiger partial charge is 0.262 e. The SMILES string of the molecule is CCCn1c(SC(C)C(=O)N(C)c2ccccc2)nc2ccc(Br)cc2c1=O. The van der Waals surface area contributed by atoms with E-state index in [0.29, 0.717) is 22.6 Å². The highest BCUT2D eigenvalue weighted by Crippen LogP contribution is 2.26. The number of fused-ring (bicyclic) bond motifs is 1. The van der Waals surface area contributed by atoms with Crippen molar-refractivity contribution >= 4 is 50.2 Å². The lowest BCUT2D eigenvalue weighted by atomic mass is 10.2. The lowest BCUT2D eigenvalue weighted by molar-refractivity contribution is -0.117. The van der Waals surface area contributed by atoms with Crippen molar-refractivity contribution < 1.29 is 4.79 Å². The molecule has 1 unspecified atom stereocenters. The molecule has 3 rings (SSSR count). The van der Waals surface area contributed by atoms with Gasteiger partial charge < -0.3 is 4.90 Å². The molecule has 0 N–H and O–H groups in total. The average Bonchev–Trinajstić information content (AvgIpc) is 2.71. The maximum atomic E-state index is 13.0. The molecule has 0 aliphatic heterocycles. The number of halogens is 1. The molecule has 0 saturated carbocycles. The van der Waals surface area contributed by atoms with Gasteiger partial charge in [0.25, 0.3) is 5.56 Å². The molecule has 1 aromatic heterocycles. The van der Waals surface area contributed by atoms with Crippen molar-refractivity contribution in [3.63, 3.8) is 0 Å². The summed E-state index contributed by atoms with van der Waals surface area (Å²) in [4.78, 5) is 32.2. The first kappa shape index (κ1) is 20.6. The molecular weight excluding hydrogens is 438 g/mol. The minimum absolute atomic E-state index is 0.0376. The van der Waals surface area contributed by atoms with E-state index in [1.54, 1.807) is 22.6 Å². The van der Waals surface area contributed by atoms with Crippen LogP contribution in [0.3, 0.4) is 0 Å². The fraction of sp³-hybridized carbons (Fsp3) is 0.286. The van der Waals surface area contributed by atoms with Gasteiger partial charge in [-0.05, 0) is 43.7 Å². The van der Waals surface area contributed by atoms with Crippen molar-refractivity contribution in [2.24, 2.45) is 0 Å². The molecule has 0 fully saturated rings. The van der Waals surface area contributed by atoms with Crippen molar-refractivity contribution in [1.29, 1.82) is 0 Å². The summed E-state index contributed by atoms with van der Waals surface area (Å²) in [6.45, 7) is 4.43. The molecule has 0 aliphatic carbocycles. The molecule has 1 heterocycles. The summed E-state index contributed by atoms with van der Waals surface area (Å²) in [6, 6.07) is 15.0. The van der Waals surface area contributed by atoms with Crippen LogP contribution in [0.5, 0.6) is 0 Å². The van der Waals surface area contributed by atoms with Crippen molar-refractivity contribution in [3.8, 4) is 0 Å². The highest BCUT2D eigenvalue weighted by Gasteiger charge is 2.22. The minimum atomic E-state index is -0.381. The van der Waals surface area contributed by atoms with E-state index in [9.17, 15) is 9.59 Å². The number of rotatable bonds is 6. The number of thioether (sulfide) groups is 1. The summed E-state index contributed by atoms with van der Waals surface area (Å²) >= 11 is 4.74. The van der Waals surface area contributed by atoms with Gasteiger partial charge in [0.05, 0.1) is 16.2 Å². The fourth-order valence-corrected chi connectivity index (χ4v) is 4.33. The number of hydrogen-bond acceptors (Lipinski definition) is 4. The molecule has 146 valence electrons. The Balaban J connectivity index is 1.94. The lowest BCUT2D eigenvalue weighted by Crippen LogP contribution is -2.34. The zero-order chi connectivity index (χ0) is 20.3. The van der Waals surface area contributed by atoms with Gasteiger partial charge in [0, 0.05) is 23.8 Å². The normalized spacial score (nSPS) is 12.1. The molecule has 0 spiro atoms. The standard InChI is InChI=1S/C21H22BrN3O2S/c1-4-12-25-20(27)17-13-15(22)10-11-18(17)23-21(25)28-14(2)19(26)24(3)16-8-6-5-7-9-16/h5-11,13-14H,4,12H2,1-3H3. The molecule has 28 heavy (non-hydrogen) atoms. The van der Waals surface area contributed by atoms with Crippen LogP contribution in [-0.4, -0.2) is 27.8 Å². The van der Waals surface area contributed by atoms with Crippen molar-refractivity contribution in [2.45, 2.75) is 37.2 Å². The number of aromatic nitrogens is 2. The van der Waals surface area contributed by atoms with Gasteiger partial charge in [-0.3, -0.25) is 14.2 Å². The van der Waals surface area contributed by atoms with Crippen LogP contribution in [-0.2, 0) is 11.3 Å². The molecule has 0 aliphatic rings. The second kappa shape index (κ2) is 8.92. The minimum Gasteiger partial charge on any atom is -0.315 e. The summed E-state index contributed by atoms with van der Waals surface area (Å²) in [5.41, 5.74) is 1.40. The van der Waals surface area contributed by atoms with Gasteiger partial charge in [0.1, 0.15) is 0 Å². The van der Waals surface area contributed by atoms with Crippen molar-refractivity contribution in [1.82, 2.24) is 9.55 Å². The number of carbonyl (C=O) groups is 1. The van der Waals surface area contributed by atoms with Gasteiger partial charge in [0.2, 0.25) is 5.91 Å². The first-order valence-electron chi connectivity index (χ1n) is 9.11. The van der Waals surface area contributed by atoms with E-state index in [1.165, 1.54) is 11.8 Å². The molecule has 1 amide bonds. The van der Waals surface area contributed by atoms with Gasteiger partial charge in [-0.1, -0.05) is 52.8 Å². The fourth-order valence-electron chi connectivity index (χ4n) is 2.94. The van der Waals surface area contributed by atoms with Gasteiger partial charge in [-0.15, -0.1) is 0 Å². The number of nitrogens with zero attached hydrogens (tertiary/aromatic N) is 3. The molecule has 0 radical (unpaired) electrons. The molecule has 1 atom stereocenters. The Morgan fingerprint density at radius 2 is 1.96 bits per heavy atom. The van der Waals surface area contributed by atoms with E-state index in [0.717, 1.165) is 16.6 Å².